The average Bonchev–Trinajstić information content (AvgIpc) is 2.82. The summed E-state index contributed by atoms with van der Waals surface area (Å²) < 4.78 is 27.3. The van der Waals surface area contributed by atoms with Crippen LogP contribution in [0.2, 0.25) is 0 Å². The molecular formula is C12H13N3O4S. The highest BCUT2D eigenvalue weighted by atomic mass is 32.2. The molecule has 2 N–H and O–H groups in total. The number of anilines is 1. The maximum Gasteiger partial charge on any atom is 0.295 e. The van der Waals surface area contributed by atoms with Gasteiger partial charge in [0.15, 0.2) is 6.39 Å². The molecule has 0 unspecified atom stereocenters. The quantitative estimate of drug-likeness (QED) is 0.905. The van der Waals surface area contributed by atoms with Gasteiger partial charge in [-0.05, 0) is 31.2 Å². The van der Waals surface area contributed by atoms with Crippen LogP contribution < -0.4 is 10.0 Å². The number of carbonyl (C=O) groups is 1. The fourth-order valence-electron chi connectivity index (χ4n) is 1.64. The SMILES string of the molecule is Cc1ncoc1C(=O)N(C)c1ccc(S(N)(=O)=O)cc1. The minimum atomic E-state index is -3.75. The van der Waals surface area contributed by atoms with E-state index in [1.807, 2.05) is 0 Å². The van der Waals surface area contributed by atoms with E-state index in [-0.39, 0.29) is 16.6 Å². The topological polar surface area (TPSA) is 106 Å². The Morgan fingerprint density at radius 1 is 1.30 bits per heavy atom. The molecule has 0 aliphatic rings. The molecule has 1 aromatic heterocycles. The first-order valence-corrected chi connectivity index (χ1v) is 7.16. The number of aromatic nitrogens is 1. The van der Waals surface area contributed by atoms with Gasteiger partial charge in [-0.2, -0.15) is 0 Å². The predicted molar refractivity (Wildman–Crippen MR) is 71.8 cm³/mol. The van der Waals surface area contributed by atoms with E-state index in [2.05, 4.69) is 4.98 Å². The molecule has 2 aromatic rings. The molecule has 0 fully saturated rings. The van der Waals surface area contributed by atoms with E-state index in [0.717, 1.165) is 0 Å². The molecule has 0 spiro atoms. The van der Waals surface area contributed by atoms with E-state index < -0.39 is 10.0 Å². The van der Waals surface area contributed by atoms with E-state index in [1.54, 1.807) is 14.0 Å². The van der Waals surface area contributed by atoms with Gasteiger partial charge in [0.05, 0.1) is 10.6 Å². The fraction of sp³-hybridized carbons (Fsp3) is 0.167. The third-order valence-electron chi connectivity index (χ3n) is 2.80. The Kier molecular flexibility index (Phi) is 3.60. The normalized spacial score (nSPS) is 11.3. The zero-order chi connectivity index (χ0) is 14.9. The van der Waals surface area contributed by atoms with Crippen LogP contribution in [0, 0.1) is 6.92 Å². The predicted octanol–water partition coefficient (Wildman–Crippen LogP) is 0.907. The fourth-order valence-corrected chi connectivity index (χ4v) is 2.15. The number of rotatable bonds is 3. The lowest BCUT2D eigenvalue weighted by molar-refractivity contribution is 0.0965. The molecule has 0 atom stereocenters. The molecule has 1 aromatic carbocycles. The van der Waals surface area contributed by atoms with Gasteiger partial charge in [0.1, 0.15) is 0 Å². The van der Waals surface area contributed by atoms with Gasteiger partial charge < -0.3 is 9.32 Å². The maximum absolute atomic E-state index is 12.2. The first-order chi connectivity index (χ1) is 9.30. The van der Waals surface area contributed by atoms with Gasteiger partial charge in [-0.3, -0.25) is 4.79 Å². The van der Waals surface area contributed by atoms with Crippen molar-refractivity contribution in [2.75, 3.05) is 11.9 Å². The highest BCUT2D eigenvalue weighted by Crippen LogP contribution is 2.19. The van der Waals surface area contributed by atoms with Crippen molar-refractivity contribution in [1.29, 1.82) is 0 Å². The van der Waals surface area contributed by atoms with Crippen molar-refractivity contribution in [2.24, 2.45) is 5.14 Å². The van der Waals surface area contributed by atoms with E-state index in [0.29, 0.717) is 11.4 Å². The lowest BCUT2D eigenvalue weighted by Gasteiger charge is -2.16. The number of amides is 1. The lowest BCUT2D eigenvalue weighted by atomic mass is 10.2. The summed E-state index contributed by atoms with van der Waals surface area (Å²) in [5, 5.41) is 5.01. The number of carbonyl (C=O) groups excluding carboxylic acids is 1. The number of nitrogens with two attached hydrogens (primary N) is 1. The Labute approximate surface area is 116 Å². The average molecular weight is 295 g/mol. The Balaban J connectivity index is 2.28. The molecule has 0 bridgehead atoms. The third kappa shape index (κ3) is 2.70. The van der Waals surface area contributed by atoms with Crippen molar-refractivity contribution >= 4 is 21.6 Å². The molecule has 0 saturated carbocycles. The monoisotopic (exact) mass is 295 g/mol. The van der Waals surface area contributed by atoms with Crippen LogP contribution in [0.1, 0.15) is 16.2 Å². The second-order valence-electron chi connectivity index (χ2n) is 4.17. The third-order valence-corrected chi connectivity index (χ3v) is 3.73. The molecule has 20 heavy (non-hydrogen) atoms. The molecule has 0 radical (unpaired) electrons. The van der Waals surface area contributed by atoms with Crippen LogP contribution in [0.4, 0.5) is 5.69 Å². The van der Waals surface area contributed by atoms with Crippen molar-refractivity contribution in [3.63, 3.8) is 0 Å². The number of aryl methyl sites for hydroxylation is 1. The van der Waals surface area contributed by atoms with Gasteiger partial charge in [0.25, 0.3) is 5.91 Å². The van der Waals surface area contributed by atoms with E-state index in [1.165, 1.54) is 35.6 Å². The molecule has 106 valence electrons. The molecule has 1 heterocycles. The minimum absolute atomic E-state index is 0.0158. The molecule has 7 nitrogen and oxygen atoms in total. The summed E-state index contributed by atoms with van der Waals surface area (Å²) in [5.74, 6) is -0.230. The summed E-state index contributed by atoms with van der Waals surface area (Å²) in [6, 6.07) is 5.65. The molecular weight excluding hydrogens is 282 g/mol. The van der Waals surface area contributed by atoms with Crippen LogP contribution >= 0.6 is 0 Å². The van der Waals surface area contributed by atoms with Gasteiger partial charge in [-0.1, -0.05) is 0 Å². The summed E-state index contributed by atoms with van der Waals surface area (Å²) in [6.07, 6.45) is 1.19. The van der Waals surface area contributed by atoms with Crippen LogP contribution in [-0.4, -0.2) is 26.4 Å². The van der Waals surface area contributed by atoms with Crippen molar-refractivity contribution in [3.8, 4) is 0 Å². The number of nitrogens with zero attached hydrogens (tertiary/aromatic N) is 2. The number of benzene rings is 1. The van der Waals surface area contributed by atoms with E-state index in [9.17, 15) is 13.2 Å². The number of primary sulfonamides is 1. The summed E-state index contributed by atoms with van der Waals surface area (Å²) in [5.41, 5.74) is 1.00. The van der Waals surface area contributed by atoms with E-state index in [4.69, 9.17) is 9.56 Å². The van der Waals surface area contributed by atoms with Crippen molar-refractivity contribution in [3.05, 3.63) is 42.1 Å². The summed E-state index contributed by atoms with van der Waals surface area (Å²) in [7, 11) is -2.20. The zero-order valence-corrected chi connectivity index (χ0v) is 11.7. The van der Waals surface area contributed by atoms with Gasteiger partial charge in [-0.25, -0.2) is 18.5 Å². The highest BCUT2D eigenvalue weighted by molar-refractivity contribution is 7.89. The molecule has 0 saturated heterocycles. The summed E-state index contributed by atoms with van der Waals surface area (Å²) in [4.78, 5) is 17.3. The van der Waals surface area contributed by atoms with Crippen molar-refractivity contribution in [2.45, 2.75) is 11.8 Å². The van der Waals surface area contributed by atoms with Crippen LogP contribution in [0.5, 0.6) is 0 Å². The first-order valence-electron chi connectivity index (χ1n) is 5.61. The molecule has 8 heteroatoms. The van der Waals surface area contributed by atoms with Gasteiger partial charge in [0, 0.05) is 12.7 Å². The Morgan fingerprint density at radius 2 is 1.90 bits per heavy atom. The Bertz CT molecular complexity index is 734. The lowest BCUT2D eigenvalue weighted by Crippen LogP contribution is -2.26. The standard InChI is InChI=1S/C12H13N3O4S/c1-8-11(19-7-14-8)12(16)15(2)9-3-5-10(6-4-9)20(13,17)18/h3-7H,1-2H3,(H2,13,17,18). The minimum Gasteiger partial charge on any atom is -0.438 e. The van der Waals surface area contributed by atoms with Crippen molar-refractivity contribution in [1.82, 2.24) is 4.98 Å². The number of oxazole rings is 1. The zero-order valence-electron chi connectivity index (χ0n) is 10.9. The van der Waals surface area contributed by atoms with Gasteiger partial charge >= 0.3 is 0 Å². The van der Waals surface area contributed by atoms with Crippen LogP contribution in [0.25, 0.3) is 0 Å². The molecule has 0 aliphatic heterocycles. The Hall–Kier alpha value is -2.19. The smallest absolute Gasteiger partial charge is 0.295 e. The molecule has 2 rings (SSSR count). The van der Waals surface area contributed by atoms with E-state index >= 15 is 0 Å². The first kappa shape index (κ1) is 14.2. The van der Waals surface area contributed by atoms with Crippen LogP contribution in [0.3, 0.4) is 0 Å². The summed E-state index contributed by atoms with van der Waals surface area (Å²) in [6.45, 7) is 1.66. The second-order valence-corrected chi connectivity index (χ2v) is 5.73. The second kappa shape index (κ2) is 5.06. The largest absolute Gasteiger partial charge is 0.438 e. The Morgan fingerprint density at radius 3 is 2.35 bits per heavy atom. The number of hydrogen-bond donors (Lipinski definition) is 1. The number of hydrogen-bond acceptors (Lipinski definition) is 5. The highest BCUT2D eigenvalue weighted by Gasteiger charge is 2.20. The maximum atomic E-state index is 12.2. The van der Waals surface area contributed by atoms with Gasteiger partial charge in [-0.15, -0.1) is 0 Å². The van der Waals surface area contributed by atoms with Crippen LogP contribution in [0.15, 0.2) is 40.0 Å². The molecule has 0 aliphatic carbocycles. The van der Waals surface area contributed by atoms with Crippen LogP contribution in [-0.2, 0) is 10.0 Å². The van der Waals surface area contributed by atoms with Crippen molar-refractivity contribution < 1.29 is 17.6 Å². The number of sulfonamides is 1. The van der Waals surface area contributed by atoms with Gasteiger partial charge in [0.2, 0.25) is 15.8 Å². The summed E-state index contributed by atoms with van der Waals surface area (Å²) >= 11 is 0. The molecule has 1 amide bonds.